The van der Waals surface area contributed by atoms with E-state index in [4.69, 9.17) is 4.74 Å². The Balaban J connectivity index is 2.23. The van der Waals surface area contributed by atoms with Crippen molar-refractivity contribution < 1.29 is 23.0 Å². The van der Waals surface area contributed by atoms with Gasteiger partial charge in [0.2, 0.25) is 0 Å². The molecule has 0 bridgehead atoms. The zero-order valence-electron chi connectivity index (χ0n) is 12.8. The molecular formula is C15H28F3NO2. The zero-order valence-corrected chi connectivity index (χ0v) is 12.8. The van der Waals surface area contributed by atoms with Crippen LogP contribution in [0.25, 0.3) is 0 Å². The van der Waals surface area contributed by atoms with Gasteiger partial charge in [-0.05, 0) is 44.6 Å². The van der Waals surface area contributed by atoms with E-state index in [-0.39, 0.29) is 25.2 Å². The van der Waals surface area contributed by atoms with Crippen LogP contribution in [-0.4, -0.2) is 43.2 Å². The molecule has 1 rings (SSSR count). The molecule has 0 aromatic rings. The summed E-state index contributed by atoms with van der Waals surface area (Å²) in [5, 5.41) is 13.2. The van der Waals surface area contributed by atoms with Gasteiger partial charge in [0.1, 0.15) is 0 Å². The number of halogens is 3. The first-order valence-corrected chi connectivity index (χ1v) is 7.94. The Morgan fingerprint density at radius 1 is 1.33 bits per heavy atom. The van der Waals surface area contributed by atoms with Crippen LogP contribution in [0.15, 0.2) is 0 Å². The number of nitrogens with one attached hydrogen (secondary N) is 1. The molecule has 0 radical (unpaired) electrons. The summed E-state index contributed by atoms with van der Waals surface area (Å²) in [6.07, 6.45) is 0.0422. The Kier molecular flexibility index (Phi) is 7.98. The van der Waals surface area contributed by atoms with Crippen LogP contribution in [0.5, 0.6) is 0 Å². The third kappa shape index (κ3) is 6.53. The van der Waals surface area contributed by atoms with Gasteiger partial charge in [0.15, 0.2) is 0 Å². The molecule has 0 saturated heterocycles. The molecule has 2 N–H and O–H groups in total. The van der Waals surface area contributed by atoms with Gasteiger partial charge in [-0.1, -0.05) is 13.3 Å². The van der Waals surface area contributed by atoms with Crippen LogP contribution in [0.2, 0.25) is 0 Å². The molecule has 0 aromatic carbocycles. The highest BCUT2D eigenvalue weighted by molar-refractivity contribution is 4.98. The van der Waals surface area contributed by atoms with Gasteiger partial charge in [-0.15, -0.1) is 0 Å². The predicted octanol–water partition coefficient (Wildman–Crippen LogP) is 3.27. The van der Waals surface area contributed by atoms with Crippen molar-refractivity contribution >= 4 is 0 Å². The topological polar surface area (TPSA) is 41.5 Å². The highest BCUT2D eigenvalue weighted by Crippen LogP contribution is 2.37. The molecule has 126 valence electrons. The van der Waals surface area contributed by atoms with Crippen molar-refractivity contribution in [2.24, 2.45) is 5.92 Å². The molecule has 0 aromatic heterocycles. The summed E-state index contributed by atoms with van der Waals surface area (Å²) in [5.41, 5.74) is -0.217. The van der Waals surface area contributed by atoms with Crippen LogP contribution in [0.4, 0.5) is 13.2 Å². The summed E-state index contributed by atoms with van der Waals surface area (Å²) in [5.74, 6) is 0.344. The molecule has 1 saturated carbocycles. The first-order chi connectivity index (χ1) is 9.93. The Hall–Kier alpha value is -0.330. The molecule has 0 spiro atoms. The number of hydrogen-bond acceptors (Lipinski definition) is 3. The zero-order chi connectivity index (χ0) is 15.8. The summed E-state index contributed by atoms with van der Waals surface area (Å²) in [7, 11) is 0. The fraction of sp³-hybridized carbons (Fsp3) is 1.00. The molecule has 2 unspecified atom stereocenters. The van der Waals surface area contributed by atoms with E-state index in [1.807, 2.05) is 0 Å². The van der Waals surface area contributed by atoms with Gasteiger partial charge in [0.25, 0.3) is 0 Å². The van der Waals surface area contributed by atoms with E-state index in [9.17, 15) is 18.3 Å². The van der Waals surface area contributed by atoms with E-state index in [0.29, 0.717) is 12.5 Å². The first-order valence-electron chi connectivity index (χ1n) is 7.94. The van der Waals surface area contributed by atoms with Crippen molar-refractivity contribution in [2.45, 2.75) is 63.6 Å². The van der Waals surface area contributed by atoms with Crippen molar-refractivity contribution in [3.8, 4) is 0 Å². The second-order valence-electron chi connectivity index (χ2n) is 5.95. The van der Waals surface area contributed by atoms with Crippen molar-refractivity contribution in [1.82, 2.24) is 5.32 Å². The molecule has 1 aliphatic carbocycles. The standard InChI is InChI=1S/C15H28F3NO2/c1-2-9-19-14(12-20)7-3-5-13(14)6-11-21-10-4-8-15(16,17)18/h13,19-20H,2-12H2,1H3. The Bertz CT molecular complexity index is 287. The number of aliphatic hydroxyl groups excluding tert-OH is 1. The van der Waals surface area contributed by atoms with Crippen molar-refractivity contribution in [1.29, 1.82) is 0 Å². The second kappa shape index (κ2) is 8.96. The fourth-order valence-electron chi connectivity index (χ4n) is 3.14. The SMILES string of the molecule is CCCNC1(CO)CCCC1CCOCCCC(F)(F)F. The Morgan fingerprint density at radius 3 is 2.71 bits per heavy atom. The fourth-order valence-corrected chi connectivity index (χ4v) is 3.14. The molecule has 0 aliphatic heterocycles. The van der Waals surface area contributed by atoms with E-state index < -0.39 is 12.6 Å². The molecule has 2 atom stereocenters. The van der Waals surface area contributed by atoms with Crippen molar-refractivity contribution in [3.63, 3.8) is 0 Å². The normalized spacial score (nSPS) is 26.4. The largest absolute Gasteiger partial charge is 0.394 e. The van der Waals surface area contributed by atoms with Crippen LogP contribution in [0.1, 0.15) is 51.9 Å². The minimum Gasteiger partial charge on any atom is -0.394 e. The van der Waals surface area contributed by atoms with Crippen molar-refractivity contribution in [3.05, 3.63) is 0 Å². The first kappa shape index (κ1) is 18.7. The highest BCUT2D eigenvalue weighted by atomic mass is 19.4. The Labute approximate surface area is 125 Å². The average Bonchev–Trinajstić information content (AvgIpc) is 2.83. The van der Waals surface area contributed by atoms with Gasteiger partial charge >= 0.3 is 6.18 Å². The molecule has 0 amide bonds. The molecule has 1 fully saturated rings. The summed E-state index contributed by atoms with van der Waals surface area (Å²) < 4.78 is 41.3. The monoisotopic (exact) mass is 311 g/mol. The minimum atomic E-state index is -4.09. The maximum absolute atomic E-state index is 12.0. The lowest BCUT2D eigenvalue weighted by Crippen LogP contribution is -2.51. The summed E-state index contributed by atoms with van der Waals surface area (Å²) in [4.78, 5) is 0. The van der Waals surface area contributed by atoms with Gasteiger partial charge in [0.05, 0.1) is 6.61 Å². The van der Waals surface area contributed by atoms with Gasteiger partial charge in [-0.2, -0.15) is 13.2 Å². The van der Waals surface area contributed by atoms with Gasteiger partial charge < -0.3 is 15.2 Å². The third-order valence-corrected chi connectivity index (χ3v) is 4.33. The lowest BCUT2D eigenvalue weighted by atomic mass is 9.85. The number of rotatable bonds is 10. The van der Waals surface area contributed by atoms with E-state index in [1.54, 1.807) is 0 Å². The lowest BCUT2D eigenvalue weighted by molar-refractivity contribution is -0.138. The van der Waals surface area contributed by atoms with Gasteiger partial charge in [-0.25, -0.2) is 0 Å². The van der Waals surface area contributed by atoms with E-state index in [2.05, 4.69) is 12.2 Å². The number of alkyl halides is 3. The lowest BCUT2D eigenvalue weighted by Gasteiger charge is -2.35. The molecule has 1 aliphatic rings. The summed E-state index contributed by atoms with van der Waals surface area (Å²) in [6, 6.07) is 0. The molecule has 0 heterocycles. The minimum absolute atomic E-state index is 0.0212. The van der Waals surface area contributed by atoms with Gasteiger partial charge in [-0.3, -0.25) is 0 Å². The summed E-state index contributed by atoms with van der Waals surface area (Å²) in [6.45, 7) is 3.71. The quantitative estimate of drug-likeness (QED) is 0.609. The van der Waals surface area contributed by atoms with E-state index in [0.717, 1.165) is 38.6 Å². The highest BCUT2D eigenvalue weighted by Gasteiger charge is 2.41. The summed E-state index contributed by atoms with van der Waals surface area (Å²) >= 11 is 0. The maximum atomic E-state index is 12.0. The molecular weight excluding hydrogens is 283 g/mol. The number of aliphatic hydroxyl groups is 1. The average molecular weight is 311 g/mol. The van der Waals surface area contributed by atoms with Gasteiger partial charge in [0, 0.05) is 25.2 Å². The molecule has 21 heavy (non-hydrogen) atoms. The van der Waals surface area contributed by atoms with Crippen LogP contribution in [0, 0.1) is 5.92 Å². The second-order valence-corrected chi connectivity index (χ2v) is 5.95. The number of hydrogen-bond donors (Lipinski definition) is 2. The predicted molar refractivity (Wildman–Crippen MR) is 76.2 cm³/mol. The Morgan fingerprint density at radius 2 is 2.10 bits per heavy atom. The van der Waals surface area contributed by atoms with Crippen LogP contribution in [0.3, 0.4) is 0 Å². The van der Waals surface area contributed by atoms with Crippen LogP contribution in [-0.2, 0) is 4.74 Å². The smallest absolute Gasteiger partial charge is 0.389 e. The number of ether oxygens (including phenoxy) is 1. The van der Waals surface area contributed by atoms with Crippen LogP contribution < -0.4 is 5.32 Å². The maximum Gasteiger partial charge on any atom is 0.389 e. The van der Waals surface area contributed by atoms with Crippen LogP contribution >= 0.6 is 0 Å². The van der Waals surface area contributed by atoms with Crippen molar-refractivity contribution in [2.75, 3.05) is 26.4 Å². The molecule has 3 nitrogen and oxygen atoms in total. The van der Waals surface area contributed by atoms with E-state index >= 15 is 0 Å². The third-order valence-electron chi connectivity index (χ3n) is 4.33. The molecule has 6 heteroatoms. The van der Waals surface area contributed by atoms with E-state index in [1.165, 1.54) is 0 Å².